The molecular weight excluding hydrogens is 663 g/mol. The van der Waals surface area contributed by atoms with Crippen LogP contribution in [0.4, 0.5) is 11.4 Å². The summed E-state index contributed by atoms with van der Waals surface area (Å²) in [6.07, 6.45) is 3.10. The standard InChI is InChI=1S/2C19H19N3O2.Co/c2*1-13(2)18-15(12-20-16-10-6-7-11-17(16)23)19(24)22(21-18)14-8-4-3-5-9-14;/h2*3-13,23-24H,1-2H3;. The molecule has 0 saturated heterocycles. The number of phenolic OH excluding ortho intramolecular Hbond substituents is 2. The van der Waals surface area contributed by atoms with E-state index in [1.165, 1.54) is 9.36 Å². The Morgan fingerprint density at radius 2 is 0.837 bits per heavy atom. The quantitative estimate of drug-likeness (QED) is 0.118. The van der Waals surface area contributed by atoms with Crippen LogP contribution in [0.5, 0.6) is 23.3 Å². The number of hydrogen-bond donors (Lipinski definition) is 4. The number of benzene rings is 4. The van der Waals surface area contributed by atoms with Crippen LogP contribution in [0.3, 0.4) is 0 Å². The maximum Gasteiger partial charge on any atom is 0.223 e. The van der Waals surface area contributed by atoms with Crippen LogP contribution in [0.25, 0.3) is 11.4 Å². The van der Waals surface area contributed by atoms with E-state index in [0.29, 0.717) is 22.5 Å². The molecule has 2 aromatic heterocycles. The molecule has 0 aliphatic carbocycles. The molecule has 0 aliphatic heterocycles. The number of para-hydroxylation sites is 6. The van der Waals surface area contributed by atoms with Gasteiger partial charge < -0.3 is 20.4 Å². The molecule has 6 aromatic rings. The zero-order valence-corrected chi connectivity index (χ0v) is 28.5. The van der Waals surface area contributed by atoms with Gasteiger partial charge in [-0.1, -0.05) is 88.4 Å². The number of aliphatic imine (C=N–C) groups is 2. The molecule has 0 aliphatic rings. The van der Waals surface area contributed by atoms with Crippen molar-refractivity contribution in [2.75, 3.05) is 0 Å². The van der Waals surface area contributed by atoms with Crippen LogP contribution >= 0.6 is 0 Å². The summed E-state index contributed by atoms with van der Waals surface area (Å²) in [5.41, 5.74) is 5.04. The number of aromatic nitrogens is 4. The van der Waals surface area contributed by atoms with Gasteiger partial charge in [-0.15, -0.1) is 0 Å². The largest absolute Gasteiger partial charge is 0.506 e. The molecule has 49 heavy (non-hydrogen) atoms. The number of hydrogen-bond acceptors (Lipinski definition) is 8. The summed E-state index contributed by atoms with van der Waals surface area (Å²) in [4.78, 5) is 8.60. The molecule has 0 fully saturated rings. The fourth-order valence-electron chi connectivity index (χ4n) is 4.89. The first kappa shape index (κ1) is 36.2. The summed E-state index contributed by atoms with van der Waals surface area (Å²) in [5.74, 6) is 0.482. The van der Waals surface area contributed by atoms with Crippen LogP contribution < -0.4 is 0 Å². The van der Waals surface area contributed by atoms with Gasteiger partial charge in [0.05, 0.1) is 33.9 Å². The zero-order valence-electron chi connectivity index (χ0n) is 27.5. The first-order valence-electron chi connectivity index (χ1n) is 15.5. The van der Waals surface area contributed by atoms with Crippen molar-refractivity contribution in [1.29, 1.82) is 0 Å². The van der Waals surface area contributed by atoms with Gasteiger partial charge in [-0.2, -0.15) is 10.2 Å². The van der Waals surface area contributed by atoms with Crippen molar-refractivity contribution in [3.63, 3.8) is 0 Å². The van der Waals surface area contributed by atoms with Crippen molar-refractivity contribution in [2.45, 2.75) is 39.5 Å². The molecule has 0 atom stereocenters. The normalized spacial score (nSPS) is 11.2. The monoisotopic (exact) mass is 701 g/mol. The van der Waals surface area contributed by atoms with Crippen LogP contribution in [0.1, 0.15) is 62.0 Å². The van der Waals surface area contributed by atoms with Crippen LogP contribution in [0, 0.1) is 0 Å². The summed E-state index contributed by atoms with van der Waals surface area (Å²) in [6.45, 7) is 8.03. The zero-order chi connectivity index (χ0) is 34.2. The summed E-state index contributed by atoms with van der Waals surface area (Å²) >= 11 is 0. The molecule has 0 saturated carbocycles. The summed E-state index contributed by atoms with van der Waals surface area (Å²) in [6, 6.07) is 32.5. The number of phenols is 2. The van der Waals surface area contributed by atoms with Crippen molar-refractivity contribution in [1.82, 2.24) is 19.6 Å². The average molecular weight is 702 g/mol. The Labute approximate surface area is 295 Å². The van der Waals surface area contributed by atoms with Crippen LogP contribution in [-0.2, 0) is 16.8 Å². The van der Waals surface area contributed by atoms with Crippen LogP contribution in [0.15, 0.2) is 119 Å². The summed E-state index contributed by atoms with van der Waals surface area (Å²) in [5, 5.41) is 49.9. The predicted molar refractivity (Wildman–Crippen MR) is 189 cm³/mol. The SMILES string of the molecule is CC(C)c1nn(-c2ccccc2)c(O)c1C=Nc1ccccc1O.CC(C)c1nn(-c2ccccc2)c(O)c1C=Nc1ccccc1O.[Co]. The number of aromatic hydroxyl groups is 4. The van der Waals surface area contributed by atoms with Gasteiger partial charge in [-0.05, 0) is 60.4 Å². The summed E-state index contributed by atoms with van der Waals surface area (Å²) < 4.78 is 3.00. The van der Waals surface area contributed by atoms with Crippen LogP contribution in [-0.4, -0.2) is 52.4 Å². The molecular formula is C38H38CoN6O4. The van der Waals surface area contributed by atoms with E-state index in [0.717, 1.165) is 22.8 Å². The average Bonchev–Trinajstić information content (AvgIpc) is 3.61. The molecule has 4 aromatic carbocycles. The van der Waals surface area contributed by atoms with Gasteiger partial charge in [0.15, 0.2) is 0 Å². The van der Waals surface area contributed by atoms with Gasteiger partial charge in [-0.3, -0.25) is 9.98 Å². The van der Waals surface area contributed by atoms with Crippen molar-refractivity contribution in [3.05, 3.63) is 132 Å². The van der Waals surface area contributed by atoms with Gasteiger partial charge in [-0.25, -0.2) is 9.36 Å². The molecule has 0 unspecified atom stereocenters. The fourth-order valence-corrected chi connectivity index (χ4v) is 4.89. The third kappa shape index (κ3) is 8.45. The van der Waals surface area contributed by atoms with Gasteiger partial charge in [0.1, 0.15) is 22.9 Å². The Morgan fingerprint density at radius 1 is 0.510 bits per heavy atom. The third-order valence-corrected chi connectivity index (χ3v) is 7.37. The Hall–Kier alpha value is -5.65. The van der Waals surface area contributed by atoms with Gasteiger partial charge in [0.2, 0.25) is 11.8 Å². The molecule has 11 heteroatoms. The molecule has 10 nitrogen and oxygen atoms in total. The second kappa shape index (κ2) is 16.4. The molecule has 0 amide bonds. The fraction of sp³-hybridized carbons (Fsp3) is 0.158. The smallest absolute Gasteiger partial charge is 0.223 e. The van der Waals surface area contributed by atoms with Gasteiger partial charge in [0.25, 0.3) is 0 Å². The second-order valence-electron chi connectivity index (χ2n) is 11.5. The topological polar surface area (TPSA) is 141 Å². The molecule has 6 rings (SSSR count). The van der Waals surface area contributed by atoms with Crippen molar-refractivity contribution < 1.29 is 37.2 Å². The molecule has 0 spiro atoms. The Balaban J connectivity index is 0.000000216. The Morgan fingerprint density at radius 3 is 1.16 bits per heavy atom. The minimum absolute atomic E-state index is 0. The Kier molecular flexibility index (Phi) is 12.1. The van der Waals surface area contributed by atoms with E-state index in [9.17, 15) is 20.4 Å². The van der Waals surface area contributed by atoms with E-state index in [2.05, 4.69) is 20.2 Å². The minimum atomic E-state index is 0. The molecule has 1 radical (unpaired) electrons. The van der Waals surface area contributed by atoms with Crippen molar-refractivity contribution in [3.8, 4) is 34.6 Å². The van der Waals surface area contributed by atoms with E-state index < -0.39 is 0 Å². The summed E-state index contributed by atoms with van der Waals surface area (Å²) in [7, 11) is 0. The minimum Gasteiger partial charge on any atom is -0.506 e. The van der Waals surface area contributed by atoms with Gasteiger partial charge in [0, 0.05) is 29.2 Å². The van der Waals surface area contributed by atoms with E-state index in [-0.39, 0.29) is 51.9 Å². The van der Waals surface area contributed by atoms with E-state index in [1.807, 2.05) is 88.4 Å². The second-order valence-corrected chi connectivity index (χ2v) is 11.5. The van der Waals surface area contributed by atoms with E-state index >= 15 is 0 Å². The predicted octanol–water partition coefficient (Wildman–Crippen LogP) is 8.31. The maximum absolute atomic E-state index is 10.6. The maximum atomic E-state index is 10.6. The van der Waals surface area contributed by atoms with Gasteiger partial charge >= 0.3 is 0 Å². The molecule has 0 bridgehead atoms. The molecule has 2 heterocycles. The van der Waals surface area contributed by atoms with E-state index in [4.69, 9.17) is 0 Å². The van der Waals surface area contributed by atoms with Crippen molar-refractivity contribution >= 4 is 23.8 Å². The number of nitrogens with zero attached hydrogens (tertiary/aromatic N) is 6. The van der Waals surface area contributed by atoms with Crippen LogP contribution in [0.2, 0.25) is 0 Å². The Bertz CT molecular complexity index is 1890. The first-order valence-corrected chi connectivity index (χ1v) is 15.5. The number of rotatable bonds is 8. The van der Waals surface area contributed by atoms with E-state index in [1.54, 1.807) is 61.0 Å². The van der Waals surface area contributed by atoms with Crippen molar-refractivity contribution in [2.24, 2.45) is 9.98 Å². The first-order chi connectivity index (χ1) is 23.2. The third-order valence-electron chi connectivity index (χ3n) is 7.37. The molecule has 253 valence electrons. The molecule has 4 N–H and O–H groups in total.